The Labute approximate surface area is 127 Å². The van der Waals surface area contributed by atoms with E-state index in [0.717, 1.165) is 6.42 Å². The summed E-state index contributed by atoms with van der Waals surface area (Å²) in [5.74, 6) is 0. The van der Waals surface area contributed by atoms with Gasteiger partial charge in [0.15, 0.2) is 0 Å². The van der Waals surface area contributed by atoms with Crippen LogP contribution in [0.25, 0.3) is 5.57 Å². The maximum Gasteiger partial charge on any atom is 0.0562 e. The zero-order valence-electron chi connectivity index (χ0n) is 13.4. The third kappa shape index (κ3) is 3.14. The topological polar surface area (TPSA) is 24.1 Å². The van der Waals surface area contributed by atoms with Gasteiger partial charge in [-0.15, -0.1) is 11.8 Å². The van der Waals surface area contributed by atoms with Crippen molar-refractivity contribution in [2.75, 3.05) is 16.9 Å². The van der Waals surface area contributed by atoms with E-state index in [2.05, 4.69) is 69.7 Å². The summed E-state index contributed by atoms with van der Waals surface area (Å²) in [7, 11) is 0. The molecule has 3 heteroatoms. The molecule has 1 aliphatic rings. The first-order chi connectivity index (χ1) is 9.36. The third-order valence-electron chi connectivity index (χ3n) is 3.80. The fourth-order valence-corrected chi connectivity index (χ4v) is 3.27. The SMILES string of the molecule is CCC(C)Nc1cc(SC)c2c(c1)C(C)=CC(C)(C)N2. The van der Waals surface area contributed by atoms with Crippen molar-refractivity contribution in [2.24, 2.45) is 0 Å². The Morgan fingerprint density at radius 1 is 1.35 bits per heavy atom. The van der Waals surface area contributed by atoms with E-state index >= 15 is 0 Å². The van der Waals surface area contributed by atoms with Gasteiger partial charge in [-0.05, 0) is 58.1 Å². The van der Waals surface area contributed by atoms with E-state index in [9.17, 15) is 0 Å². The van der Waals surface area contributed by atoms with Crippen molar-refractivity contribution < 1.29 is 0 Å². The van der Waals surface area contributed by atoms with Crippen molar-refractivity contribution >= 4 is 28.7 Å². The Balaban J connectivity index is 2.47. The first kappa shape index (κ1) is 15.3. The second-order valence-electron chi connectivity index (χ2n) is 6.23. The van der Waals surface area contributed by atoms with Gasteiger partial charge in [-0.25, -0.2) is 0 Å². The molecular formula is C17H26N2S. The minimum atomic E-state index is 0.0211. The normalized spacial score (nSPS) is 17.8. The number of benzene rings is 1. The van der Waals surface area contributed by atoms with E-state index < -0.39 is 0 Å². The van der Waals surface area contributed by atoms with Gasteiger partial charge in [0.2, 0.25) is 0 Å². The lowest BCUT2D eigenvalue weighted by Crippen LogP contribution is -2.32. The van der Waals surface area contributed by atoms with Crippen LogP contribution in [-0.2, 0) is 0 Å². The number of allylic oxidation sites excluding steroid dienone is 1. The summed E-state index contributed by atoms with van der Waals surface area (Å²) in [5.41, 5.74) is 5.19. The molecule has 2 rings (SSSR count). The van der Waals surface area contributed by atoms with E-state index in [0.29, 0.717) is 6.04 Å². The maximum atomic E-state index is 3.66. The van der Waals surface area contributed by atoms with Gasteiger partial charge in [0, 0.05) is 22.2 Å². The molecule has 0 aliphatic carbocycles. The fraction of sp³-hybridized carbons (Fsp3) is 0.529. The Morgan fingerprint density at radius 3 is 2.65 bits per heavy atom. The van der Waals surface area contributed by atoms with Crippen molar-refractivity contribution in [3.8, 4) is 0 Å². The minimum absolute atomic E-state index is 0.0211. The summed E-state index contributed by atoms with van der Waals surface area (Å²) < 4.78 is 0. The molecular weight excluding hydrogens is 264 g/mol. The molecule has 0 aromatic heterocycles. The van der Waals surface area contributed by atoms with Crippen LogP contribution < -0.4 is 10.6 Å². The number of nitrogens with one attached hydrogen (secondary N) is 2. The number of thioether (sulfide) groups is 1. The van der Waals surface area contributed by atoms with Crippen LogP contribution in [0.15, 0.2) is 23.1 Å². The van der Waals surface area contributed by atoms with Crippen molar-refractivity contribution in [3.63, 3.8) is 0 Å². The standard InChI is InChI=1S/C17H26N2S/c1-7-12(3)18-13-8-14-11(2)10-17(4,5)19-16(14)15(9-13)20-6/h8-10,12,18-19H,7H2,1-6H3. The summed E-state index contributed by atoms with van der Waals surface area (Å²) in [6.45, 7) is 11.1. The Hall–Kier alpha value is -1.09. The highest BCUT2D eigenvalue weighted by molar-refractivity contribution is 7.98. The Kier molecular flexibility index (Phi) is 4.38. The smallest absolute Gasteiger partial charge is 0.0562 e. The van der Waals surface area contributed by atoms with Crippen LogP contribution in [-0.4, -0.2) is 17.8 Å². The molecule has 0 bridgehead atoms. The van der Waals surface area contributed by atoms with Crippen LogP contribution in [0.4, 0.5) is 11.4 Å². The molecule has 0 radical (unpaired) electrons. The first-order valence-electron chi connectivity index (χ1n) is 7.33. The van der Waals surface area contributed by atoms with Crippen LogP contribution in [0.5, 0.6) is 0 Å². The lowest BCUT2D eigenvalue weighted by molar-refractivity contribution is 0.704. The second kappa shape index (κ2) is 5.72. The van der Waals surface area contributed by atoms with Gasteiger partial charge in [-0.2, -0.15) is 0 Å². The zero-order valence-corrected chi connectivity index (χ0v) is 14.2. The molecule has 20 heavy (non-hydrogen) atoms. The lowest BCUT2D eigenvalue weighted by Gasteiger charge is -2.33. The molecule has 1 aromatic rings. The summed E-state index contributed by atoms with van der Waals surface area (Å²) in [6.07, 6.45) is 5.59. The molecule has 1 heterocycles. The molecule has 0 fully saturated rings. The van der Waals surface area contributed by atoms with Gasteiger partial charge < -0.3 is 10.6 Å². The summed E-state index contributed by atoms with van der Waals surface area (Å²) >= 11 is 1.81. The Bertz CT molecular complexity index is 532. The molecule has 2 N–H and O–H groups in total. The van der Waals surface area contributed by atoms with Gasteiger partial charge in [0.1, 0.15) is 0 Å². The molecule has 0 saturated heterocycles. The van der Waals surface area contributed by atoms with Crippen LogP contribution in [0.3, 0.4) is 0 Å². The highest BCUT2D eigenvalue weighted by atomic mass is 32.2. The van der Waals surface area contributed by atoms with E-state index in [1.165, 1.54) is 27.4 Å². The molecule has 1 aliphatic heterocycles. The van der Waals surface area contributed by atoms with E-state index in [1.807, 2.05) is 0 Å². The molecule has 0 saturated carbocycles. The number of fused-ring (bicyclic) bond motifs is 1. The van der Waals surface area contributed by atoms with Gasteiger partial charge in [0.25, 0.3) is 0 Å². The second-order valence-corrected chi connectivity index (χ2v) is 7.08. The van der Waals surface area contributed by atoms with E-state index in [1.54, 1.807) is 11.8 Å². The molecule has 1 aromatic carbocycles. The zero-order chi connectivity index (χ0) is 14.9. The predicted octanol–water partition coefficient (Wildman–Crippen LogP) is 5.23. The van der Waals surface area contributed by atoms with Crippen LogP contribution in [0.1, 0.15) is 46.6 Å². The Morgan fingerprint density at radius 2 is 2.05 bits per heavy atom. The number of rotatable bonds is 4. The number of hydrogen-bond acceptors (Lipinski definition) is 3. The van der Waals surface area contributed by atoms with Crippen molar-refractivity contribution in [3.05, 3.63) is 23.8 Å². The summed E-state index contributed by atoms with van der Waals surface area (Å²) in [6, 6.07) is 5.03. The van der Waals surface area contributed by atoms with Crippen LogP contribution >= 0.6 is 11.8 Å². The van der Waals surface area contributed by atoms with Gasteiger partial charge in [-0.1, -0.05) is 13.0 Å². The quantitative estimate of drug-likeness (QED) is 0.743. The van der Waals surface area contributed by atoms with Crippen molar-refractivity contribution in [1.29, 1.82) is 0 Å². The summed E-state index contributed by atoms with van der Waals surface area (Å²) in [4.78, 5) is 1.31. The molecule has 2 nitrogen and oxygen atoms in total. The minimum Gasteiger partial charge on any atom is -0.383 e. The average Bonchev–Trinajstić information content (AvgIpc) is 2.37. The largest absolute Gasteiger partial charge is 0.383 e. The molecule has 0 spiro atoms. The lowest BCUT2D eigenvalue weighted by atomic mass is 9.91. The first-order valence-corrected chi connectivity index (χ1v) is 8.55. The molecule has 110 valence electrons. The van der Waals surface area contributed by atoms with Crippen molar-refractivity contribution in [1.82, 2.24) is 0 Å². The number of anilines is 2. The highest BCUT2D eigenvalue weighted by Gasteiger charge is 2.25. The highest BCUT2D eigenvalue weighted by Crippen LogP contribution is 2.41. The fourth-order valence-electron chi connectivity index (χ4n) is 2.66. The monoisotopic (exact) mass is 290 g/mol. The molecule has 1 atom stereocenters. The molecule has 0 amide bonds. The van der Waals surface area contributed by atoms with Crippen molar-refractivity contribution in [2.45, 2.75) is 57.5 Å². The van der Waals surface area contributed by atoms with Gasteiger partial charge in [-0.3, -0.25) is 0 Å². The van der Waals surface area contributed by atoms with E-state index in [4.69, 9.17) is 0 Å². The number of hydrogen-bond donors (Lipinski definition) is 2. The maximum absolute atomic E-state index is 3.66. The van der Waals surface area contributed by atoms with Crippen LogP contribution in [0.2, 0.25) is 0 Å². The average molecular weight is 290 g/mol. The molecule has 1 unspecified atom stereocenters. The van der Waals surface area contributed by atoms with E-state index in [-0.39, 0.29) is 5.54 Å². The third-order valence-corrected chi connectivity index (χ3v) is 4.56. The predicted molar refractivity (Wildman–Crippen MR) is 93.0 cm³/mol. The summed E-state index contributed by atoms with van der Waals surface area (Å²) in [5, 5.41) is 7.25. The van der Waals surface area contributed by atoms with Gasteiger partial charge >= 0.3 is 0 Å². The van der Waals surface area contributed by atoms with Gasteiger partial charge in [0.05, 0.1) is 11.2 Å². The van der Waals surface area contributed by atoms with Crippen LogP contribution in [0, 0.1) is 0 Å².